The summed E-state index contributed by atoms with van der Waals surface area (Å²) < 4.78 is 0. The van der Waals surface area contributed by atoms with Crippen LogP contribution in [0.3, 0.4) is 0 Å². The van der Waals surface area contributed by atoms with E-state index in [4.69, 9.17) is 5.11 Å². The van der Waals surface area contributed by atoms with Crippen molar-refractivity contribution in [3.05, 3.63) is 29.8 Å². The van der Waals surface area contributed by atoms with Crippen molar-refractivity contribution >= 4 is 18.0 Å². The molecule has 5 N–H and O–H groups in total. The molecule has 1 aromatic rings. The maximum atomic E-state index is 11.5. The van der Waals surface area contributed by atoms with Gasteiger partial charge in [0.25, 0.3) is 0 Å². The predicted octanol–water partition coefficient (Wildman–Crippen LogP) is -4.91. The van der Waals surface area contributed by atoms with Crippen LogP contribution in [0.1, 0.15) is 12.5 Å². The number of carbonyl (C=O) groups excluding carboxylic acids is 2. The van der Waals surface area contributed by atoms with Crippen LogP contribution in [0.15, 0.2) is 24.3 Å². The molecule has 0 aromatic heterocycles. The first-order valence-corrected chi connectivity index (χ1v) is 6.24. The van der Waals surface area contributed by atoms with Crippen LogP contribution in [0.2, 0.25) is 0 Å². The molecule has 0 radical (unpaired) electrons. The molecule has 0 fully saturated rings. The molecule has 1 amide bonds. The van der Waals surface area contributed by atoms with Crippen LogP contribution in [0.25, 0.3) is 6.08 Å². The van der Waals surface area contributed by atoms with E-state index in [0.29, 0.717) is 5.56 Å². The number of nitrogens with one attached hydrogen (secondary N) is 1. The van der Waals surface area contributed by atoms with Gasteiger partial charge in [-0.25, -0.2) is 0 Å². The van der Waals surface area contributed by atoms with Crippen molar-refractivity contribution in [2.75, 3.05) is 6.54 Å². The zero-order chi connectivity index (χ0) is 16.9. The van der Waals surface area contributed by atoms with E-state index in [1.54, 1.807) is 0 Å². The number of carboxylic acids is 1. The first kappa shape index (κ1) is 22.1. The average molecular weight is 349 g/mol. The van der Waals surface area contributed by atoms with Crippen LogP contribution < -0.4 is 61.8 Å². The van der Waals surface area contributed by atoms with E-state index < -0.39 is 30.1 Å². The van der Waals surface area contributed by atoms with Gasteiger partial charge in [-0.2, -0.15) is 0 Å². The van der Waals surface area contributed by atoms with Crippen LogP contribution in [0.5, 0.6) is 11.5 Å². The predicted molar refractivity (Wildman–Crippen MR) is 73.5 cm³/mol. The standard InChI is InChI=1S/C14H17NO7.K/c1-14(22,13(20)21)11(18)7-15-12(19)5-3-8-2-4-9(16)10(17)6-8;/h2-6,11,16-18,22H,7H2,1H3,(H,15,19)(H,20,21);/q;+1/p-1/b5-3+;/t11-,14-;/m1./s1. The van der Waals surface area contributed by atoms with Crippen LogP contribution in [0, 0.1) is 0 Å². The third-order valence-corrected chi connectivity index (χ3v) is 2.96. The van der Waals surface area contributed by atoms with Crippen molar-refractivity contribution < 1.29 is 86.5 Å². The minimum atomic E-state index is -2.49. The van der Waals surface area contributed by atoms with Gasteiger partial charge < -0.3 is 35.6 Å². The number of amides is 1. The Morgan fingerprint density at radius 3 is 2.48 bits per heavy atom. The van der Waals surface area contributed by atoms with Crippen LogP contribution in [-0.2, 0) is 9.59 Å². The van der Waals surface area contributed by atoms with Gasteiger partial charge in [-0.1, -0.05) is 6.07 Å². The fourth-order valence-corrected chi connectivity index (χ4v) is 1.41. The van der Waals surface area contributed by atoms with Crippen molar-refractivity contribution in [2.24, 2.45) is 0 Å². The van der Waals surface area contributed by atoms with E-state index >= 15 is 0 Å². The molecule has 120 valence electrons. The maximum absolute atomic E-state index is 11.5. The fourth-order valence-electron chi connectivity index (χ4n) is 1.41. The molecule has 0 saturated carbocycles. The molecular formula is C14H16KNO7. The molecule has 9 heteroatoms. The Morgan fingerprint density at radius 1 is 1.35 bits per heavy atom. The number of phenolic OH excluding ortho intramolecular Hbond substituents is 2. The first-order chi connectivity index (χ1) is 10.1. The third kappa shape index (κ3) is 6.59. The largest absolute Gasteiger partial charge is 1.00 e. The van der Waals surface area contributed by atoms with Crippen molar-refractivity contribution in [3.8, 4) is 11.5 Å². The number of aliphatic carboxylic acids is 1. The fraction of sp³-hybridized carbons (Fsp3) is 0.286. The molecule has 8 nitrogen and oxygen atoms in total. The van der Waals surface area contributed by atoms with E-state index in [-0.39, 0.29) is 62.9 Å². The molecule has 0 aliphatic carbocycles. The number of phenols is 2. The second-order valence-corrected chi connectivity index (χ2v) is 4.78. The Morgan fingerprint density at radius 2 is 1.96 bits per heavy atom. The van der Waals surface area contributed by atoms with Crippen molar-refractivity contribution in [1.82, 2.24) is 5.32 Å². The smallest absolute Gasteiger partial charge is 0.547 e. The van der Waals surface area contributed by atoms with E-state index in [2.05, 4.69) is 5.32 Å². The summed E-state index contributed by atoms with van der Waals surface area (Å²) in [6, 6.07) is 3.93. The van der Waals surface area contributed by atoms with Gasteiger partial charge in [0.2, 0.25) is 5.91 Å². The molecule has 1 aromatic carbocycles. The van der Waals surface area contributed by atoms with Crippen LogP contribution in [-0.4, -0.2) is 50.6 Å². The zero-order valence-corrected chi connectivity index (χ0v) is 15.8. The molecular weight excluding hydrogens is 333 g/mol. The number of carbonyl (C=O) groups is 2. The van der Waals surface area contributed by atoms with Gasteiger partial charge in [-0.15, -0.1) is 0 Å². The second-order valence-electron chi connectivity index (χ2n) is 4.78. The number of aliphatic hydroxyl groups excluding tert-OH is 1. The third-order valence-electron chi connectivity index (χ3n) is 2.96. The first-order valence-electron chi connectivity index (χ1n) is 6.24. The SMILES string of the molecule is C[C@](O)(C(=O)[O-])[C@H](O)CNC(=O)/C=C/c1ccc(O)c(O)c1.[K+]. The number of hydrogen-bond acceptors (Lipinski definition) is 7. The molecule has 1 rings (SSSR count). The van der Waals surface area contributed by atoms with E-state index in [9.17, 15) is 30.0 Å². The Kier molecular flexibility index (Phi) is 8.99. The van der Waals surface area contributed by atoms with Gasteiger partial charge in [0.1, 0.15) is 11.7 Å². The van der Waals surface area contributed by atoms with E-state index in [1.165, 1.54) is 24.3 Å². The average Bonchev–Trinajstić information content (AvgIpc) is 2.45. The maximum Gasteiger partial charge on any atom is 1.00 e. The van der Waals surface area contributed by atoms with Gasteiger partial charge in [-0.3, -0.25) is 4.79 Å². The number of benzene rings is 1. The summed E-state index contributed by atoms with van der Waals surface area (Å²) in [6.07, 6.45) is 0.664. The van der Waals surface area contributed by atoms with Gasteiger partial charge in [0.15, 0.2) is 11.5 Å². The summed E-state index contributed by atoms with van der Waals surface area (Å²) >= 11 is 0. The number of hydrogen-bond donors (Lipinski definition) is 5. The van der Waals surface area contributed by atoms with Crippen molar-refractivity contribution in [3.63, 3.8) is 0 Å². The van der Waals surface area contributed by atoms with Gasteiger partial charge >= 0.3 is 51.4 Å². The monoisotopic (exact) mass is 349 g/mol. The summed E-state index contributed by atoms with van der Waals surface area (Å²) in [6.45, 7) is 0.360. The minimum absolute atomic E-state index is 0. The molecule has 0 bridgehead atoms. The summed E-state index contributed by atoms with van der Waals surface area (Å²) in [7, 11) is 0. The van der Waals surface area contributed by atoms with Gasteiger partial charge in [0, 0.05) is 12.6 Å². The van der Waals surface area contributed by atoms with E-state index in [1.807, 2.05) is 0 Å². The zero-order valence-electron chi connectivity index (χ0n) is 12.7. The Labute approximate surface area is 174 Å². The molecule has 0 spiro atoms. The normalized spacial score (nSPS) is 14.6. The van der Waals surface area contributed by atoms with Crippen molar-refractivity contribution in [1.29, 1.82) is 0 Å². The molecule has 0 aliphatic heterocycles. The number of rotatable bonds is 6. The molecule has 0 unspecified atom stereocenters. The van der Waals surface area contributed by atoms with Gasteiger partial charge in [-0.05, 0) is 30.7 Å². The van der Waals surface area contributed by atoms with E-state index in [0.717, 1.165) is 13.0 Å². The summed E-state index contributed by atoms with van der Waals surface area (Å²) in [4.78, 5) is 22.1. The molecule has 0 heterocycles. The Bertz CT molecular complexity index is 601. The Balaban J connectivity index is 0.00000484. The summed E-state index contributed by atoms with van der Waals surface area (Å²) in [5, 5.41) is 50.1. The van der Waals surface area contributed by atoms with Gasteiger partial charge in [0.05, 0.1) is 5.97 Å². The van der Waals surface area contributed by atoms with Crippen molar-refractivity contribution in [2.45, 2.75) is 18.6 Å². The number of aromatic hydroxyl groups is 2. The quantitative estimate of drug-likeness (QED) is 0.196. The Hall–Kier alpha value is -0.944. The number of carboxylic acid groups (broad SMARTS) is 1. The second kappa shape index (κ2) is 9.38. The molecule has 2 atom stereocenters. The van der Waals surface area contributed by atoms with Crippen LogP contribution in [0.4, 0.5) is 0 Å². The van der Waals surface area contributed by atoms with Crippen LogP contribution >= 0.6 is 0 Å². The molecule has 0 aliphatic rings. The molecule has 0 saturated heterocycles. The topological polar surface area (TPSA) is 150 Å². The number of aliphatic hydroxyl groups is 2. The summed E-state index contributed by atoms with van der Waals surface area (Å²) in [5.74, 6) is -3.15. The molecule has 23 heavy (non-hydrogen) atoms. The minimum Gasteiger partial charge on any atom is -0.547 e. The summed E-state index contributed by atoms with van der Waals surface area (Å²) in [5.41, 5.74) is -2.05.